The Balaban J connectivity index is 2.31. The van der Waals surface area contributed by atoms with Crippen LogP contribution in [0.4, 0.5) is 0 Å². The van der Waals surface area contributed by atoms with Crippen LogP contribution in [0.15, 0.2) is 12.7 Å². The number of aliphatic hydroxyl groups is 1. The van der Waals surface area contributed by atoms with E-state index in [9.17, 15) is 38.7 Å². The van der Waals surface area contributed by atoms with Gasteiger partial charge in [0.05, 0.1) is 13.2 Å². The zero-order valence-corrected chi connectivity index (χ0v) is 28.8. The minimum absolute atomic E-state index is 0.0803. The van der Waals surface area contributed by atoms with Crippen LogP contribution in [-0.2, 0) is 85.7 Å². The van der Waals surface area contributed by atoms with E-state index in [2.05, 4.69) is 6.58 Å². The summed E-state index contributed by atoms with van der Waals surface area (Å²) < 4.78 is 60.3. The molecule has 0 bridgehead atoms. The maximum absolute atomic E-state index is 12.1. The first-order valence-corrected chi connectivity index (χ1v) is 15.4. The minimum atomic E-state index is -1.58. The number of carbonyl (C=O) groups is 7. The van der Waals surface area contributed by atoms with Gasteiger partial charge in [0, 0.05) is 48.5 Å². The number of carbonyl (C=O) groups excluding carboxylic acids is 7. The molecule has 2 fully saturated rings. The molecule has 2 heterocycles. The molecule has 1 N–H and O–H groups in total. The highest BCUT2D eigenvalue weighted by molar-refractivity contribution is 5.69. The second kappa shape index (κ2) is 19.9. The summed E-state index contributed by atoms with van der Waals surface area (Å²) in [7, 11) is 0. The standard InChI is InChI=1S/C31H44O19/c1-9-10-22-24(43-15(3)33)26(45-17(5)35)28(47-19(7)37)30(49-22)41-11-21(39)12-42-31-29(48-20(8)38)27(46-18(6)36)25(44-16(4)34)23(50-31)13-40-14(2)32/h9,21-31,39H,1,10-13H2,2-8H3/t21?,22?,23?,24-,25?,26?,27?,28-,29-,30?,31?/m1/s1. The summed E-state index contributed by atoms with van der Waals surface area (Å²) in [5, 5.41) is 10.9. The van der Waals surface area contributed by atoms with E-state index in [0.29, 0.717) is 0 Å². The summed E-state index contributed by atoms with van der Waals surface area (Å²) in [6, 6.07) is 0. The lowest BCUT2D eigenvalue weighted by molar-refractivity contribution is -0.317. The van der Waals surface area contributed by atoms with Gasteiger partial charge in [-0.15, -0.1) is 6.58 Å². The van der Waals surface area contributed by atoms with Gasteiger partial charge < -0.3 is 57.2 Å². The van der Waals surface area contributed by atoms with Gasteiger partial charge in [-0.25, -0.2) is 0 Å². The number of hydrogen-bond donors (Lipinski definition) is 1. The Kier molecular flexibility index (Phi) is 16.7. The largest absolute Gasteiger partial charge is 0.463 e. The van der Waals surface area contributed by atoms with Gasteiger partial charge in [-0.1, -0.05) is 6.08 Å². The molecule has 19 heteroatoms. The van der Waals surface area contributed by atoms with Crippen LogP contribution in [-0.4, -0.2) is 134 Å². The highest BCUT2D eigenvalue weighted by Crippen LogP contribution is 2.32. The lowest BCUT2D eigenvalue weighted by atomic mass is 9.96. The Bertz CT molecular complexity index is 1230. The van der Waals surface area contributed by atoms with Crippen molar-refractivity contribution in [2.75, 3.05) is 19.8 Å². The molecule has 282 valence electrons. The summed E-state index contributed by atoms with van der Waals surface area (Å²) in [6.45, 7) is 9.57. The third-order valence-corrected chi connectivity index (χ3v) is 6.75. The second-order valence-corrected chi connectivity index (χ2v) is 11.2. The van der Waals surface area contributed by atoms with E-state index < -0.39 is 129 Å². The van der Waals surface area contributed by atoms with Crippen molar-refractivity contribution in [3.8, 4) is 0 Å². The minimum Gasteiger partial charge on any atom is -0.463 e. The highest BCUT2D eigenvalue weighted by Gasteiger charge is 2.54. The fraction of sp³-hybridized carbons (Fsp3) is 0.710. The number of aliphatic hydroxyl groups excluding tert-OH is 1. The maximum atomic E-state index is 12.1. The molecule has 50 heavy (non-hydrogen) atoms. The third kappa shape index (κ3) is 13.3. The predicted octanol–water partition coefficient (Wildman–Crippen LogP) is -0.440. The van der Waals surface area contributed by atoms with Gasteiger partial charge in [-0.05, 0) is 6.42 Å². The molecule has 2 saturated heterocycles. The van der Waals surface area contributed by atoms with Crippen LogP contribution in [0.2, 0.25) is 0 Å². The van der Waals surface area contributed by atoms with Crippen LogP contribution in [0.3, 0.4) is 0 Å². The van der Waals surface area contributed by atoms with Gasteiger partial charge in [-0.3, -0.25) is 33.6 Å². The summed E-state index contributed by atoms with van der Waals surface area (Å²) in [5.41, 5.74) is 0. The molecular formula is C31H44O19. The quantitative estimate of drug-likeness (QED) is 0.121. The van der Waals surface area contributed by atoms with E-state index in [4.69, 9.17) is 52.1 Å². The van der Waals surface area contributed by atoms with E-state index in [-0.39, 0.29) is 6.42 Å². The fourth-order valence-corrected chi connectivity index (χ4v) is 5.13. The monoisotopic (exact) mass is 720 g/mol. The van der Waals surface area contributed by atoms with E-state index in [0.717, 1.165) is 48.5 Å². The number of hydrogen-bond acceptors (Lipinski definition) is 19. The van der Waals surface area contributed by atoms with Gasteiger partial charge >= 0.3 is 41.8 Å². The van der Waals surface area contributed by atoms with E-state index in [1.165, 1.54) is 6.08 Å². The van der Waals surface area contributed by atoms with Crippen LogP contribution in [0.1, 0.15) is 54.9 Å². The number of ether oxygens (including phenoxy) is 11. The molecule has 0 saturated carbocycles. The Morgan fingerprint density at radius 2 is 0.900 bits per heavy atom. The smallest absolute Gasteiger partial charge is 0.303 e. The molecule has 19 nitrogen and oxygen atoms in total. The van der Waals surface area contributed by atoms with Gasteiger partial charge in [0.25, 0.3) is 0 Å². The van der Waals surface area contributed by atoms with Crippen molar-refractivity contribution in [1.82, 2.24) is 0 Å². The number of rotatable bonds is 16. The van der Waals surface area contributed by atoms with Crippen LogP contribution < -0.4 is 0 Å². The van der Waals surface area contributed by atoms with Gasteiger partial charge in [0.15, 0.2) is 49.2 Å². The van der Waals surface area contributed by atoms with Gasteiger partial charge in [0.2, 0.25) is 0 Å². The van der Waals surface area contributed by atoms with Crippen molar-refractivity contribution in [1.29, 1.82) is 0 Å². The van der Waals surface area contributed by atoms with E-state index in [1.807, 2.05) is 0 Å². The Labute approximate surface area is 287 Å². The molecule has 2 aliphatic heterocycles. The normalized spacial score (nSPS) is 29.7. The van der Waals surface area contributed by atoms with Crippen LogP contribution in [0, 0.1) is 0 Å². The zero-order chi connectivity index (χ0) is 37.7. The van der Waals surface area contributed by atoms with Crippen LogP contribution in [0.5, 0.6) is 0 Å². The van der Waals surface area contributed by atoms with E-state index in [1.54, 1.807) is 0 Å². The summed E-state index contributed by atoms with van der Waals surface area (Å²) >= 11 is 0. The predicted molar refractivity (Wildman–Crippen MR) is 160 cm³/mol. The Morgan fingerprint density at radius 3 is 1.26 bits per heavy atom. The highest BCUT2D eigenvalue weighted by atomic mass is 16.8. The van der Waals surface area contributed by atoms with Crippen molar-refractivity contribution in [2.24, 2.45) is 0 Å². The molecule has 2 rings (SSSR count). The molecule has 0 aliphatic carbocycles. The molecule has 0 aromatic carbocycles. The third-order valence-electron chi connectivity index (χ3n) is 6.75. The molecule has 0 amide bonds. The SMILES string of the molecule is C=CCC1OC(OCC(O)COC2OC(COC(C)=O)C(OC(C)=O)C(OC(C)=O)[C@H]2OC(C)=O)[C@H](OC(C)=O)C(OC(C)=O)[C@@H]1OC(C)=O. The molecule has 11 atom stereocenters. The van der Waals surface area contributed by atoms with Crippen molar-refractivity contribution >= 4 is 41.8 Å². The molecule has 2 aliphatic rings. The average Bonchev–Trinajstić information content (AvgIpc) is 2.98. The molecule has 0 aromatic heterocycles. The first-order valence-electron chi connectivity index (χ1n) is 15.4. The lowest BCUT2D eigenvalue weighted by Gasteiger charge is -2.44. The molecule has 8 unspecified atom stereocenters. The van der Waals surface area contributed by atoms with Crippen LogP contribution >= 0.6 is 0 Å². The van der Waals surface area contributed by atoms with Gasteiger partial charge in [0.1, 0.15) is 24.9 Å². The first kappa shape index (κ1) is 42.0. The van der Waals surface area contributed by atoms with Crippen molar-refractivity contribution in [2.45, 2.75) is 122 Å². The summed E-state index contributed by atoms with van der Waals surface area (Å²) in [4.78, 5) is 83.5. The van der Waals surface area contributed by atoms with Crippen molar-refractivity contribution < 1.29 is 90.8 Å². The maximum Gasteiger partial charge on any atom is 0.303 e. The topological polar surface area (TPSA) is 241 Å². The second-order valence-electron chi connectivity index (χ2n) is 11.2. The number of esters is 7. The first-order chi connectivity index (χ1) is 23.4. The van der Waals surface area contributed by atoms with Crippen molar-refractivity contribution in [3.63, 3.8) is 0 Å². The Hall–Kier alpha value is -4.17. The molecular weight excluding hydrogens is 676 g/mol. The summed E-state index contributed by atoms with van der Waals surface area (Å²) in [5.74, 6) is -5.59. The lowest BCUT2D eigenvalue weighted by Crippen LogP contribution is -2.63. The van der Waals surface area contributed by atoms with E-state index >= 15 is 0 Å². The molecule has 0 spiro atoms. The van der Waals surface area contributed by atoms with Crippen molar-refractivity contribution in [3.05, 3.63) is 12.7 Å². The zero-order valence-electron chi connectivity index (χ0n) is 28.8. The Morgan fingerprint density at radius 1 is 0.560 bits per heavy atom. The van der Waals surface area contributed by atoms with Crippen LogP contribution in [0.25, 0.3) is 0 Å². The summed E-state index contributed by atoms with van der Waals surface area (Å²) in [6.07, 6.45) is -13.8. The average molecular weight is 721 g/mol. The van der Waals surface area contributed by atoms with Gasteiger partial charge in [-0.2, -0.15) is 0 Å². The fourth-order valence-electron chi connectivity index (χ4n) is 5.13. The molecule has 0 aromatic rings. The molecule has 0 radical (unpaired) electrons.